The van der Waals surface area contributed by atoms with E-state index in [1.54, 1.807) is 17.1 Å². The number of aryl methyl sites for hydroxylation is 1. The summed E-state index contributed by atoms with van der Waals surface area (Å²) in [6.07, 6.45) is 5.61. The van der Waals surface area contributed by atoms with Gasteiger partial charge in [-0.2, -0.15) is 5.10 Å². The average Bonchev–Trinajstić information content (AvgIpc) is 2.66. The lowest BCUT2D eigenvalue weighted by molar-refractivity contribution is 0.171. The van der Waals surface area contributed by atoms with Gasteiger partial charge < -0.3 is 5.11 Å². The summed E-state index contributed by atoms with van der Waals surface area (Å²) >= 11 is 0. The Morgan fingerprint density at radius 2 is 2.31 bits per heavy atom. The Kier molecular flexibility index (Phi) is 3.26. The van der Waals surface area contributed by atoms with Gasteiger partial charge in [0, 0.05) is 32.3 Å². The molecule has 2 aromatic heterocycles. The molecule has 5 nitrogen and oxygen atoms in total. The van der Waals surface area contributed by atoms with Crippen LogP contribution >= 0.6 is 0 Å². The Balaban J connectivity index is 1.95. The number of pyridine rings is 1. The summed E-state index contributed by atoms with van der Waals surface area (Å²) < 4.78 is 1.67. The summed E-state index contributed by atoms with van der Waals surface area (Å²) in [6, 6.07) is 3.82. The summed E-state index contributed by atoms with van der Waals surface area (Å²) in [5.74, 6) is 0.788. The van der Waals surface area contributed by atoms with E-state index < -0.39 is 6.10 Å². The predicted octanol–water partition coefficient (Wildman–Crippen LogP) is 0.356. The molecule has 0 aliphatic heterocycles. The zero-order chi connectivity index (χ0) is 11.4. The molecule has 0 amide bonds. The first-order valence-corrected chi connectivity index (χ1v) is 5.15. The van der Waals surface area contributed by atoms with E-state index in [4.69, 9.17) is 0 Å². The molecule has 84 valence electrons. The van der Waals surface area contributed by atoms with E-state index >= 15 is 0 Å². The Hall–Kier alpha value is -1.75. The van der Waals surface area contributed by atoms with Crippen LogP contribution in [-0.4, -0.2) is 31.0 Å². The first-order valence-electron chi connectivity index (χ1n) is 5.15. The van der Waals surface area contributed by atoms with Gasteiger partial charge in [-0.15, -0.1) is 0 Å². The highest BCUT2D eigenvalue weighted by molar-refractivity contribution is 5.10. The molecule has 1 unspecified atom stereocenters. The summed E-state index contributed by atoms with van der Waals surface area (Å²) in [6.45, 7) is 0. The number of aliphatic hydroxyl groups excluding tert-OH is 1. The van der Waals surface area contributed by atoms with Crippen molar-refractivity contribution in [2.24, 2.45) is 7.05 Å². The highest BCUT2D eigenvalue weighted by Gasteiger charge is 2.10. The van der Waals surface area contributed by atoms with Crippen LogP contribution in [0.25, 0.3) is 0 Å². The zero-order valence-corrected chi connectivity index (χ0v) is 9.11. The molecule has 0 saturated heterocycles. The smallest absolute Gasteiger partial charge is 0.138 e. The van der Waals surface area contributed by atoms with Crippen molar-refractivity contribution in [2.75, 3.05) is 0 Å². The number of rotatable bonds is 4. The number of nitrogens with zero attached hydrogens (tertiary/aromatic N) is 4. The van der Waals surface area contributed by atoms with Gasteiger partial charge in [0.05, 0.1) is 6.10 Å². The second-order valence-corrected chi connectivity index (χ2v) is 3.72. The molecule has 5 heteroatoms. The lowest BCUT2D eigenvalue weighted by atomic mass is 10.1. The van der Waals surface area contributed by atoms with Crippen molar-refractivity contribution in [3.05, 3.63) is 42.2 Å². The van der Waals surface area contributed by atoms with Crippen molar-refractivity contribution >= 4 is 0 Å². The molecule has 0 aliphatic carbocycles. The van der Waals surface area contributed by atoms with Crippen molar-refractivity contribution in [1.82, 2.24) is 19.7 Å². The minimum Gasteiger partial charge on any atom is -0.392 e. The molecule has 2 aromatic rings. The highest BCUT2D eigenvalue weighted by atomic mass is 16.3. The molecule has 0 aromatic carbocycles. The lowest BCUT2D eigenvalue weighted by Gasteiger charge is -2.09. The zero-order valence-electron chi connectivity index (χ0n) is 9.11. The van der Waals surface area contributed by atoms with Crippen molar-refractivity contribution < 1.29 is 5.11 Å². The van der Waals surface area contributed by atoms with Crippen molar-refractivity contribution in [2.45, 2.75) is 18.9 Å². The molecule has 1 N–H and O–H groups in total. The predicted molar refractivity (Wildman–Crippen MR) is 58.7 cm³/mol. The average molecular weight is 218 g/mol. The van der Waals surface area contributed by atoms with E-state index in [9.17, 15) is 5.11 Å². The van der Waals surface area contributed by atoms with Crippen LogP contribution in [0.1, 0.15) is 11.4 Å². The third-order valence-electron chi connectivity index (χ3n) is 2.42. The van der Waals surface area contributed by atoms with Crippen LogP contribution in [0.15, 0.2) is 30.9 Å². The Bertz CT molecular complexity index is 440. The van der Waals surface area contributed by atoms with Gasteiger partial charge in [0.25, 0.3) is 0 Å². The number of hydrogen-bond donors (Lipinski definition) is 1. The Morgan fingerprint density at radius 3 is 2.94 bits per heavy atom. The molecule has 16 heavy (non-hydrogen) atoms. The fraction of sp³-hybridized carbons (Fsp3) is 0.364. The van der Waals surface area contributed by atoms with E-state index in [0.29, 0.717) is 12.8 Å². The monoisotopic (exact) mass is 218 g/mol. The maximum Gasteiger partial charge on any atom is 0.138 e. The SMILES string of the molecule is Cn1ncnc1CC(O)Cc1cccnc1. The minimum absolute atomic E-state index is 0.452. The highest BCUT2D eigenvalue weighted by Crippen LogP contribution is 2.05. The van der Waals surface area contributed by atoms with Crippen LogP contribution in [0.2, 0.25) is 0 Å². The van der Waals surface area contributed by atoms with Crippen molar-refractivity contribution in [3.63, 3.8) is 0 Å². The van der Waals surface area contributed by atoms with Gasteiger partial charge in [0.2, 0.25) is 0 Å². The van der Waals surface area contributed by atoms with Gasteiger partial charge >= 0.3 is 0 Å². The topological polar surface area (TPSA) is 63.8 Å². The fourth-order valence-electron chi connectivity index (χ4n) is 1.58. The molecule has 2 rings (SSSR count). The largest absolute Gasteiger partial charge is 0.392 e. The maximum atomic E-state index is 9.89. The number of aliphatic hydroxyl groups is 1. The molecule has 0 fully saturated rings. The number of aromatic nitrogens is 4. The molecule has 0 aliphatic rings. The third-order valence-corrected chi connectivity index (χ3v) is 2.42. The van der Waals surface area contributed by atoms with Crippen molar-refractivity contribution in [1.29, 1.82) is 0 Å². The molecule has 0 bridgehead atoms. The standard InChI is InChI=1S/C11H14N4O/c1-15-11(13-8-14-15)6-10(16)5-9-3-2-4-12-7-9/h2-4,7-8,10,16H,5-6H2,1H3. The van der Waals surface area contributed by atoms with Gasteiger partial charge in [-0.25, -0.2) is 4.98 Å². The van der Waals surface area contributed by atoms with Gasteiger partial charge in [0.15, 0.2) is 0 Å². The molecular formula is C11H14N4O. The maximum absolute atomic E-state index is 9.89. The summed E-state index contributed by atoms with van der Waals surface area (Å²) in [5.41, 5.74) is 1.03. The quantitative estimate of drug-likeness (QED) is 0.804. The van der Waals surface area contributed by atoms with Crippen LogP contribution in [0.3, 0.4) is 0 Å². The normalized spacial score (nSPS) is 12.6. The second kappa shape index (κ2) is 4.85. The minimum atomic E-state index is -0.452. The van der Waals surface area contributed by atoms with Crippen LogP contribution in [0.5, 0.6) is 0 Å². The van der Waals surface area contributed by atoms with E-state index in [-0.39, 0.29) is 0 Å². The van der Waals surface area contributed by atoms with Crippen LogP contribution in [0, 0.1) is 0 Å². The molecule has 0 saturated carbocycles. The molecule has 0 radical (unpaired) electrons. The van der Waals surface area contributed by atoms with Crippen LogP contribution in [0.4, 0.5) is 0 Å². The molecular weight excluding hydrogens is 204 g/mol. The van der Waals surface area contributed by atoms with Gasteiger partial charge in [-0.05, 0) is 11.6 Å². The second-order valence-electron chi connectivity index (χ2n) is 3.72. The van der Waals surface area contributed by atoms with E-state index in [1.165, 1.54) is 6.33 Å². The summed E-state index contributed by atoms with van der Waals surface area (Å²) in [5, 5.41) is 13.8. The summed E-state index contributed by atoms with van der Waals surface area (Å²) in [7, 11) is 1.82. The lowest BCUT2D eigenvalue weighted by Crippen LogP contribution is -2.17. The first-order chi connectivity index (χ1) is 7.75. The molecule has 0 spiro atoms. The van der Waals surface area contributed by atoms with E-state index in [1.807, 2.05) is 19.2 Å². The van der Waals surface area contributed by atoms with Gasteiger partial charge in [-0.1, -0.05) is 6.07 Å². The van der Waals surface area contributed by atoms with Gasteiger partial charge in [-0.3, -0.25) is 9.67 Å². The van der Waals surface area contributed by atoms with Crippen molar-refractivity contribution in [3.8, 4) is 0 Å². The summed E-state index contributed by atoms with van der Waals surface area (Å²) in [4.78, 5) is 8.08. The van der Waals surface area contributed by atoms with E-state index in [2.05, 4.69) is 15.1 Å². The Morgan fingerprint density at radius 1 is 1.44 bits per heavy atom. The Labute approximate surface area is 93.8 Å². The first kappa shape index (κ1) is 10.8. The fourth-order valence-corrected chi connectivity index (χ4v) is 1.58. The third kappa shape index (κ3) is 2.64. The van der Waals surface area contributed by atoms with Crippen LogP contribution in [-0.2, 0) is 19.9 Å². The molecule has 2 heterocycles. The van der Waals surface area contributed by atoms with E-state index in [0.717, 1.165) is 11.4 Å². The molecule has 1 atom stereocenters. The van der Waals surface area contributed by atoms with Crippen LogP contribution < -0.4 is 0 Å². The number of hydrogen-bond acceptors (Lipinski definition) is 4. The van der Waals surface area contributed by atoms with Gasteiger partial charge in [0.1, 0.15) is 12.2 Å².